The van der Waals surface area contributed by atoms with Crippen LogP contribution in [-0.4, -0.2) is 19.5 Å². The van der Waals surface area contributed by atoms with E-state index in [2.05, 4.69) is 15.3 Å². The van der Waals surface area contributed by atoms with Crippen molar-refractivity contribution in [1.29, 1.82) is 0 Å². The fourth-order valence-electron chi connectivity index (χ4n) is 1.62. The number of nitrogens with two attached hydrogens (primary N) is 1. The number of anilines is 1. The summed E-state index contributed by atoms with van der Waals surface area (Å²) in [5, 5.41) is 3.22. The second kappa shape index (κ2) is 5.14. The number of aryl methyl sites for hydroxylation is 2. The first kappa shape index (κ1) is 12.5. The monoisotopic (exact) mass is 261 g/mol. The van der Waals surface area contributed by atoms with Gasteiger partial charge in [-0.1, -0.05) is 12.2 Å². The van der Waals surface area contributed by atoms with E-state index in [-0.39, 0.29) is 0 Å². The van der Waals surface area contributed by atoms with Gasteiger partial charge in [0, 0.05) is 25.1 Å². The SMILES string of the molecule is Cc1ccc(C(N)=S)c(NCc2nccn2C)n1. The Labute approximate surface area is 111 Å². The lowest BCUT2D eigenvalue weighted by molar-refractivity contribution is 0.810. The van der Waals surface area contributed by atoms with E-state index in [4.69, 9.17) is 18.0 Å². The highest BCUT2D eigenvalue weighted by molar-refractivity contribution is 7.80. The number of nitrogens with one attached hydrogen (secondary N) is 1. The summed E-state index contributed by atoms with van der Waals surface area (Å²) in [7, 11) is 1.95. The maximum Gasteiger partial charge on any atom is 0.136 e. The summed E-state index contributed by atoms with van der Waals surface area (Å²) in [6, 6.07) is 3.77. The number of nitrogens with zero attached hydrogens (tertiary/aromatic N) is 3. The number of aromatic nitrogens is 3. The average Bonchev–Trinajstić information content (AvgIpc) is 2.72. The zero-order chi connectivity index (χ0) is 13.1. The van der Waals surface area contributed by atoms with Crippen LogP contribution in [0.25, 0.3) is 0 Å². The summed E-state index contributed by atoms with van der Waals surface area (Å²) in [4.78, 5) is 8.98. The van der Waals surface area contributed by atoms with Crippen molar-refractivity contribution in [2.24, 2.45) is 12.8 Å². The summed E-state index contributed by atoms with van der Waals surface area (Å²) in [6.07, 6.45) is 3.66. The minimum Gasteiger partial charge on any atom is -0.389 e. The molecule has 2 heterocycles. The Morgan fingerprint density at radius 3 is 2.89 bits per heavy atom. The lowest BCUT2D eigenvalue weighted by Gasteiger charge is -2.10. The number of hydrogen-bond donors (Lipinski definition) is 2. The molecular weight excluding hydrogens is 246 g/mol. The summed E-state index contributed by atoms with van der Waals surface area (Å²) in [5.74, 6) is 1.62. The highest BCUT2D eigenvalue weighted by atomic mass is 32.1. The molecule has 0 saturated heterocycles. The first-order valence-electron chi connectivity index (χ1n) is 5.55. The van der Waals surface area contributed by atoms with Crippen LogP contribution < -0.4 is 11.1 Å². The number of thiocarbonyl (C=S) groups is 1. The van der Waals surface area contributed by atoms with Gasteiger partial charge in [0.25, 0.3) is 0 Å². The maximum absolute atomic E-state index is 5.67. The topological polar surface area (TPSA) is 68.8 Å². The molecule has 5 nitrogen and oxygen atoms in total. The summed E-state index contributed by atoms with van der Waals surface area (Å²) in [6.45, 7) is 2.50. The van der Waals surface area contributed by atoms with E-state index in [1.165, 1.54) is 0 Å². The molecule has 0 aliphatic rings. The van der Waals surface area contributed by atoms with Gasteiger partial charge >= 0.3 is 0 Å². The highest BCUT2D eigenvalue weighted by Crippen LogP contribution is 2.14. The van der Waals surface area contributed by atoms with E-state index in [0.29, 0.717) is 17.4 Å². The first-order chi connectivity index (χ1) is 8.58. The molecule has 0 atom stereocenters. The Hall–Kier alpha value is -1.95. The molecule has 2 aromatic rings. The Balaban J connectivity index is 2.20. The van der Waals surface area contributed by atoms with Gasteiger partial charge < -0.3 is 15.6 Å². The molecule has 0 saturated carbocycles. The quantitative estimate of drug-likeness (QED) is 0.814. The van der Waals surface area contributed by atoms with Crippen LogP contribution in [-0.2, 0) is 13.6 Å². The van der Waals surface area contributed by atoms with Gasteiger partial charge in [0.05, 0.1) is 12.1 Å². The van der Waals surface area contributed by atoms with E-state index >= 15 is 0 Å². The molecule has 3 N–H and O–H groups in total. The molecule has 2 rings (SSSR count). The Morgan fingerprint density at radius 2 is 2.28 bits per heavy atom. The van der Waals surface area contributed by atoms with Crippen molar-refractivity contribution >= 4 is 23.0 Å². The zero-order valence-electron chi connectivity index (χ0n) is 10.3. The standard InChI is InChI=1S/C12H15N5S/c1-8-3-4-9(11(13)18)12(16-8)15-7-10-14-5-6-17(10)2/h3-6H,7H2,1-2H3,(H2,13,18)(H,15,16). The number of hydrogen-bond acceptors (Lipinski definition) is 4. The Morgan fingerprint density at radius 1 is 1.50 bits per heavy atom. The molecule has 0 bridgehead atoms. The number of pyridine rings is 1. The molecule has 0 spiro atoms. The molecule has 18 heavy (non-hydrogen) atoms. The van der Waals surface area contributed by atoms with E-state index in [9.17, 15) is 0 Å². The predicted molar refractivity (Wildman–Crippen MR) is 75.4 cm³/mol. The third-order valence-electron chi connectivity index (χ3n) is 2.63. The first-order valence-corrected chi connectivity index (χ1v) is 5.96. The van der Waals surface area contributed by atoms with Crippen LogP contribution in [0.2, 0.25) is 0 Å². The zero-order valence-corrected chi connectivity index (χ0v) is 11.2. The largest absolute Gasteiger partial charge is 0.389 e. The van der Waals surface area contributed by atoms with Crippen LogP contribution in [0.5, 0.6) is 0 Å². The highest BCUT2D eigenvalue weighted by Gasteiger charge is 2.08. The molecule has 94 valence electrons. The van der Waals surface area contributed by atoms with Gasteiger partial charge in [0.2, 0.25) is 0 Å². The molecule has 2 aromatic heterocycles. The van der Waals surface area contributed by atoms with Crippen molar-refractivity contribution in [2.75, 3.05) is 5.32 Å². The molecule has 0 aliphatic heterocycles. The lowest BCUT2D eigenvalue weighted by atomic mass is 10.2. The van der Waals surface area contributed by atoms with Crippen LogP contribution in [0.4, 0.5) is 5.82 Å². The molecular formula is C12H15N5S. The minimum atomic E-state index is 0.338. The van der Waals surface area contributed by atoms with Crippen LogP contribution in [0, 0.1) is 6.92 Å². The normalized spacial score (nSPS) is 10.3. The second-order valence-corrected chi connectivity index (χ2v) is 4.46. The van der Waals surface area contributed by atoms with E-state index < -0.39 is 0 Å². The Kier molecular flexibility index (Phi) is 3.57. The van der Waals surface area contributed by atoms with Gasteiger partial charge in [-0.05, 0) is 19.1 Å². The third kappa shape index (κ3) is 2.65. The van der Waals surface area contributed by atoms with Crippen molar-refractivity contribution in [3.63, 3.8) is 0 Å². The lowest BCUT2D eigenvalue weighted by Crippen LogP contribution is -2.15. The van der Waals surface area contributed by atoms with E-state index in [1.807, 2.05) is 36.9 Å². The van der Waals surface area contributed by atoms with Crippen LogP contribution in [0.15, 0.2) is 24.5 Å². The second-order valence-electron chi connectivity index (χ2n) is 4.02. The Bertz CT molecular complexity index is 576. The molecule has 0 radical (unpaired) electrons. The van der Waals surface area contributed by atoms with E-state index in [1.54, 1.807) is 6.20 Å². The van der Waals surface area contributed by atoms with Gasteiger partial charge in [0.1, 0.15) is 16.6 Å². The summed E-state index contributed by atoms with van der Waals surface area (Å²) < 4.78 is 1.95. The smallest absolute Gasteiger partial charge is 0.136 e. The fourth-order valence-corrected chi connectivity index (χ4v) is 1.78. The molecule has 6 heteroatoms. The average molecular weight is 261 g/mol. The van der Waals surface area contributed by atoms with Gasteiger partial charge in [-0.25, -0.2) is 9.97 Å². The van der Waals surface area contributed by atoms with Gasteiger partial charge in [-0.2, -0.15) is 0 Å². The predicted octanol–water partition coefficient (Wildman–Crippen LogP) is 1.37. The molecule has 0 unspecified atom stereocenters. The third-order valence-corrected chi connectivity index (χ3v) is 2.85. The van der Waals surface area contributed by atoms with Crippen molar-refractivity contribution in [3.8, 4) is 0 Å². The molecule has 0 aromatic carbocycles. The van der Waals surface area contributed by atoms with Gasteiger partial charge in [-0.3, -0.25) is 0 Å². The van der Waals surface area contributed by atoms with Crippen molar-refractivity contribution < 1.29 is 0 Å². The van der Waals surface area contributed by atoms with Gasteiger partial charge in [-0.15, -0.1) is 0 Å². The van der Waals surface area contributed by atoms with Crippen LogP contribution >= 0.6 is 12.2 Å². The fraction of sp³-hybridized carbons (Fsp3) is 0.250. The maximum atomic E-state index is 5.67. The number of rotatable bonds is 4. The van der Waals surface area contributed by atoms with Gasteiger partial charge in [0.15, 0.2) is 0 Å². The molecule has 0 amide bonds. The van der Waals surface area contributed by atoms with Crippen LogP contribution in [0.1, 0.15) is 17.1 Å². The number of imidazole rings is 1. The molecule has 0 aliphatic carbocycles. The van der Waals surface area contributed by atoms with Crippen molar-refractivity contribution in [1.82, 2.24) is 14.5 Å². The summed E-state index contributed by atoms with van der Waals surface area (Å²) in [5.41, 5.74) is 7.34. The molecule has 0 fully saturated rings. The van der Waals surface area contributed by atoms with Crippen molar-refractivity contribution in [3.05, 3.63) is 41.6 Å². The van der Waals surface area contributed by atoms with Crippen molar-refractivity contribution in [2.45, 2.75) is 13.5 Å². The minimum absolute atomic E-state index is 0.338. The van der Waals surface area contributed by atoms with E-state index in [0.717, 1.165) is 17.1 Å². The van der Waals surface area contributed by atoms with Crippen LogP contribution in [0.3, 0.4) is 0 Å². The summed E-state index contributed by atoms with van der Waals surface area (Å²) >= 11 is 5.01.